The van der Waals surface area contributed by atoms with Gasteiger partial charge in [0.05, 0.1) is 12.5 Å². The molecule has 17 heavy (non-hydrogen) atoms. The van der Waals surface area contributed by atoms with Gasteiger partial charge in [0.25, 0.3) is 5.91 Å². The van der Waals surface area contributed by atoms with Gasteiger partial charge in [-0.05, 0) is 18.8 Å². The Morgan fingerprint density at radius 3 is 3.00 bits per heavy atom. The van der Waals surface area contributed by atoms with Crippen molar-refractivity contribution in [2.45, 2.75) is 30.5 Å². The predicted octanol–water partition coefficient (Wildman–Crippen LogP) is 2.10. The number of aromatic nitrogens is 2. The molecule has 4 nitrogen and oxygen atoms in total. The summed E-state index contributed by atoms with van der Waals surface area (Å²) < 4.78 is 1.74. The number of nitrogens with one attached hydrogen (secondary N) is 1. The lowest BCUT2D eigenvalue weighted by atomic mass is 9.89. The monoisotopic (exact) mass is 299 g/mol. The number of amides is 1. The minimum Gasteiger partial charge on any atom is -0.350 e. The Labute approximate surface area is 110 Å². The Morgan fingerprint density at radius 2 is 2.35 bits per heavy atom. The van der Waals surface area contributed by atoms with Gasteiger partial charge in [0.1, 0.15) is 5.69 Å². The van der Waals surface area contributed by atoms with Gasteiger partial charge in [-0.1, -0.05) is 28.8 Å². The summed E-state index contributed by atoms with van der Waals surface area (Å²) >= 11 is 3.70. The van der Waals surface area contributed by atoms with E-state index in [9.17, 15) is 4.79 Å². The largest absolute Gasteiger partial charge is 0.350 e. The number of carbonyl (C=O) groups excluding carboxylic acids is 1. The third kappa shape index (κ3) is 3.09. The Morgan fingerprint density at radius 1 is 1.59 bits per heavy atom. The molecule has 2 unspecified atom stereocenters. The maximum atomic E-state index is 11.9. The molecule has 1 aliphatic carbocycles. The SMILES string of the molecule is Cn1cncc1C(=O)NCC1CCCCC1Br. The standard InChI is InChI=1S/C12H18BrN3O/c1-16-8-14-7-11(16)12(17)15-6-9-4-2-3-5-10(9)13/h7-10H,2-6H2,1H3,(H,15,17). The number of hydrogen-bond acceptors (Lipinski definition) is 2. The van der Waals surface area contributed by atoms with Gasteiger partial charge >= 0.3 is 0 Å². The molecule has 1 aliphatic rings. The van der Waals surface area contributed by atoms with Gasteiger partial charge in [0, 0.05) is 18.4 Å². The lowest BCUT2D eigenvalue weighted by molar-refractivity contribution is 0.0936. The van der Waals surface area contributed by atoms with E-state index < -0.39 is 0 Å². The molecular weight excluding hydrogens is 282 g/mol. The number of carbonyl (C=O) groups is 1. The van der Waals surface area contributed by atoms with Crippen LogP contribution >= 0.6 is 15.9 Å². The first kappa shape index (κ1) is 12.6. The lowest BCUT2D eigenvalue weighted by Gasteiger charge is -2.27. The highest BCUT2D eigenvalue weighted by atomic mass is 79.9. The van der Waals surface area contributed by atoms with Crippen molar-refractivity contribution < 1.29 is 4.79 Å². The van der Waals surface area contributed by atoms with Crippen LogP contribution in [0.3, 0.4) is 0 Å². The van der Waals surface area contributed by atoms with Gasteiger partial charge in [0.15, 0.2) is 0 Å². The van der Waals surface area contributed by atoms with E-state index in [-0.39, 0.29) is 5.91 Å². The fourth-order valence-corrected chi connectivity index (χ4v) is 3.06. The highest BCUT2D eigenvalue weighted by Gasteiger charge is 2.23. The maximum absolute atomic E-state index is 11.9. The molecule has 1 fully saturated rings. The van der Waals surface area contributed by atoms with E-state index in [0.717, 1.165) is 6.54 Å². The first-order valence-corrected chi connectivity index (χ1v) is 6.98. The van der Waals surface area contributed by atoms with E-state index in [4.69, 9.17) is 0 Å². The molecule has 0 bridgehead atoms. The molecule has 1 aromatic heterocycles. The zero-order valence-electron chi connectivity index (χ0n) is 10.0. The van der Waals surface area contributed by atoms with Crippen molar-refractivity contribution in [3.8, 4) is 0 Å². The second-order valence-electron chi connectivity index (χ2n) is 4.66. The smallest absolute Gasteiger partial charge is 0.269 e. The molecule has 1 heterocycles. The molecule has 1 aromatic rings. The molecule has 1 N–H and O–H groups in total. The summed E-state index contributed by atoms with van der Waals surface area (Å²) in [6, 6.07) is 0. The Bertz CT molecular complexity index is 391. The summed E-state index contributed by atoms with van der Waals surface area (Å²) in [7, 11) is 1.83. The number of halogens is 1. The van der Waals surface area contributed by atoms with Crippen LogP contribution in [-0.4, -0.2) is 26.8 Å². The summed E-state index contributed by atoms with van der Waals surface area (Å²) in [6.07, 6.45) is 8.22. The van der Waals surface area contributed by atoms with E-state index in [1.807, 2.05) is 7.05 Å². The fraction of sp³-hybridized carbons (Fsp3) is 0.667. The van der Waals surface area contributed by atoms with Crippen molar-refractivity contribution in [2.75, 3.05) is 6.54 Å². The van der Waals surface area contributed by atoms with Crippen molar-refractivity contribution in [2.24, 2.45) is 13.0 Å². The highest BCUT2D eigenvalue weighted by molar-refractivity contribution is 9.09. The Hall–Kier alpha value is -0.840. The molecule has 5 heteroatoms. The van der Waals surface area contributed by atoms with Crippen LogP contribution in [0.25, 0.3) is 0 Å². The van der Waals surface area contributed by atoms with Gasteiger partial charge < -0.3 is 9.88 Å². The van der Waals surface area contributed by atoms with Crippen LogP contribution in [0.15, 0.2) is 12.5 Å². The number of rotatable bonds is 3. The van der Waals surface area contributed by atoms with Gasteiger partial charge in [-0.3, -0.25) is 4.79 Å². The van der Waals surface area contributed by atoms with Crippen LogP contribution in [0, 0.1) is 5.92 Å². The first-order chi connectivity index (χ1) is 8.18. The van der Waals surface area contributed by atoms with Crippen LogP contribution in [0.4, 0.5) is 0 Å². The van der Waals surface area contributed by atoms with Crippen LogP contribution in [0.2, 0.25) is 0 Å². The average Bonchev–Trinajstić information content (AvgIpc) is 2.74. The lowest BCUT2D eigenvalue weighted by Crippen LogP contribution is -2.35. The van der Waals surface area contributed by atoms with Gasteiger partial charge in [0.2, 0.25) is 0 Å². The van der Waals surface area contributed by atoms with Gasteiger partial charge in [-0.25, -0.2) is 4.98 Å². The summed E-state index contributed by atoms with van der Waals surface area (Å²) in [4.78, 5) is 16.4. The number of aryl methyl sites for hydroxylation is 1. The summed E-state index contributed by atoms with van der Waals surface area (Å²) in [5.74, 6) is 0.524. The van der Waals surface area contributed by atoms with E-state index in [0.29, 0.717) is 16.4 Å². The van der Waals surface area contributed by atoms with E-state index >= 15 is 0 Å². The Balaban J connectivity index is 1.86. The van der Waals surface area contributed by atoms with Gasteiger partial charge in [-0.2, -0.15) is 0 Å². The summed E-state index contributed by atoms with van der Waals surface area (Å²) in [5.41, 5.74) is 0.618. The second kappa shape index (κ2) is 5.67. The predicted molar refractivity (Wildman–Crippen MR) is 70.2 cm³/mol. The zero-order chi connectivity index (χ0) is 12.3. The number of nitrogens with zero attached hydrogens (tertiary/aromatic N) is 2. The summed E-state index contributed by atoms with van der Waals surface area (Å²) in [5, 5.41) is 3.00. The average molecular weight is 300 g/mol. The van der Waals surface area contributed by atoms with E-state index in [1.54, 1.807) is 17.1 Å². The zero-order valence-corrected chi connectivity index (χ0v) is 11.6. The first-order valence-electron chi connectivity index (χ1n) is 6.07. The van der Waals surface area contributed by atoms with Gasteiger partial charge in [-0.15, -0.1) is 0 Å². The normalized spacial score (nSPS) is 24.6. The van der Waals surface area contributed by atoms with Crippen LogP contribution in [-0.2, 0) is 7.05 Å². The summed E-state index contributed by atoms with van der Waals surface area (Å²) in [6.45, 7) is 0.750. The molecule has 0 aromatic carbocycles. The molecule has 0 saturated heterocycles. The third-order valence-corrected chi connectivity index (χ3v) is 4.60. The van der Waals surface area contributed by atoms with Crippen LogP contribution in [0.1, 0.15) is 36.2 Å². The van der Waals surface area contributed by atoms with Crippen molar-refractivity contribution >= 4 is 21.8 Å². The van der Waals surface area contributed by atoms with Crippen LogP contribution in [0.5, 0.6) is 0 Å². The van der Waals surface area contributed by atoms with E-state index in [2.05, 4.69) is 26.2 Å². The minimum absolute atomic E-state index is 0.0322. The molecular formula is C12H18BrN3O. The maximum Gasteiger partial charge on any atom is 0.269 e. The molecule has 2 rings (SSSR count). The number of alkyl halides is 1. The van der Waals surface area contributed by atoms with Crippen molar-refractivity contribution in [3.05, 3.63) is 18.2 Å². The minimum atomic E-state index is -0.0322. The molecule has 1 saturated carbocycles. The molecule has 0 radical (unpaired) electrons. The molecule has 0 aliphatic heterocycles. The van der Waals surface area contributed by atoms with E-state index in [1.165, 1.54) is 25.7 Å². The van der Waals surface area contributed by atoms with Crippen molar-refractivity contribution in [3.63, 3.8) is 0 Å². The molecule has 2 atom stereocenters. The number of hydrogen-bond donors (Lipinski definition) is 1. The Kier molecular flexibility index (Phi) is 4.20. The highest BCUT2D eigenvalue weighted by Crippen LogP contribution is 2.29. The van der Waals surface area contributed by atoms with Crippen molar-refractivity contribution in [1.82, 2.24) is 14.9 Å². The molecule has 94 valence electrons. The quantitative estimate of drug-likeness (QED) is 0.869. The second-order valence-corrected chi connectivity index (χ2v) is 5.84. The van der Waals surface area contributed by atoms with Crippen molar-refractivity contribution in [1.29, 1.82) is 0 Å². The fourth-order valence-electron chi connectivity index (χ4n) is 2.28. The topological polar surface area (TPSA) is 46.9 Å². The molecule has 0 spiro atoms. The number of imidazole rings is 1. The molecule has 1 amide bonds. The van der Waals surface area contributed by atoms with Crippen LogP contribution < -0.4 is 5.32 Å². The third-order valence-electron chi connectivity index (χ3n) is 3.39.